The summed E-state index contributed by atoms with van der Waals surface area (Å²) in [4.78, 5) is 4.48. The number of halogens is 2. The largest absolute Gasteiger partial charge is 0.486 e. The van der Waals surface area contributed by atoms with E-state index in [4.69, 9.17) is 16.3 Å². The average Bonchev–Trinajstić information content (AvgIpc) is 3.02. The first kappa shape index (κ1) is 15.9. The first-order valence-electron chi connectivity index (χ1n) is 6.99. The van der Waals surface area contributed by atoms with Gasteiger partial charge in [0.2, 0.25) is 0 Å². The molecule has 0 bridgehead atoms. The minimum Gasteiger partial charge on any atom is -0.486 e. The summed E-state index contributed by atoms with van der Waals surface area (Å²) in [5, 5.41) is 1.65. The molecule has 0 atom stereocenters. The molecular weight excluding hydrogens is 382 g/mol. The highest BCUT2D eigenvalue weighted by Gasteiger charge is 2.15. The fraction of sp³-hybridized carbons (Fsp3) is 0.235. The number of aliphatic imine (C=N–C) groups is 1. The van der Waals surface area contributed by atoms with Crippen molar-refractivity contribution in [2.75, 3.05) is 12.3 Å². The molecule has 2 aromatic rings. The van der Waals surface area contributed by atoms with Crippen molar-refractivity contribution in [1.29, 1.82) is 0 Å². The van der Waals surface area contributed by atoms with E-state index in [1.165, 1.54) is 5.56 Å². The van der Waals surface area contributed by atoms with Gasteiger partial charge in [0.1, 0.15) is 6.61 Å². The van der Waals surface area contributed by atoms with Gasteiger partial charge in [0.25, 0.3) is 0 Å². The second-order valence-electron chi connectivity index (χ2n) is 5.02. The maximum absolute atomic E-state index is 6.40. The lowest BCUT2D eigenvalue weighted by Gasteiger charge is -2.13. The van der Waals surface area contributed by atoms with Crippen molar-refractivity contribution < 1.29 is 4.74 Å². The first-order valence-corrected chi connectivity index (χ1v) is 9.15. The van der Waals surface area contributed by atoms with Crippen LogP contribution in [0.1, 0.15) is 16.7 Å². The van der Waals surface area contributed by atoms with Gasteiger partial charge in [-0.2, -0.15) is 0 Å². The number of aryl methyl sites for hydroxylation is 1. The number of rotatable bonds is 4. The molecule has 2 nitrogen and oxygen atoms in total. The van der Waals surface area contributed by atoms with Crippen molar-refractivity contribution in [1.82, 2.24) is 0 Å². The van der Waals surface area contributed by atoms with E-state index in [0.717, 1.165) is 32.9 Å². The van der Waals surface area contributed by atoms with E-state index in [1.807, 2.05) is 24.3 Å². The molecule has 0 radical (unpaired) electrons. The predicted molar refractivity (Wildman–Crippen MR) is 98.5 cm³/mol. The molecule has 114 valence electrons. The maximum atomic E-state index is 6.40. The molecule has 0 fully saturated rings. The van der Waals surface area contributed by atoms with E-state index < -0.39 is 0 Å². The lowest BCUT2D eigenvalue weighted by atomic mass is 10.1. The summed E-state index contributed by atoms with van der Waals surface area (Å²) < 4.78 is 6.79. The molecule has 2 aromatic carbocycles. The smallest absolute Gasteiger partial charge is 0.152 e. The van der Waals surface area contributed by atoms with E-state index in [9.17, 15) is 0 Å². The molecule has 0 unspecified atom stereocenters. The topological polar surface area (TPSA) is 21.6 Å². The molecule has 5 heteroatoms. The van der Waals surface area contributed by atoms with Crippen LogP contribution in [0.25, 0.3) is 0 Å². The number of nitrogens with zero attached hydrogens (tertiary/aromatic N) is 1. The van der Waals surface area contributed by atoms with Gasteiger partial charge in [0.05, 0.1) is 14.5 Å². The minimum atomic E-state index is 0.500. The Morgan fingerprint density at radius 2 is 2.14 bits per heavy atom. The van der Waals surface area contributed by atoms with E-state index in [0.29, 0.717) is 17.4 Å². The third-order valence-electron chi connectivity index (χ3n) is 3.46. The Kier molecular flexibility index (Phi) is 5.11. The van der Waals surface area contributed by atoms with Crippen LogP contribution < -0.4 is 4.74 Å². The molecule has 1 aliphatic heterocycles. The molecule has 0 saturated carbocycles. The van der Waals surface area contributed by atoms with Crippen molar-refractivity contribution in [2.24, 2.45) is 4.99 Å². The van der Waals surface area contributed by atoms with Crippen molar-refractivity contribution in [2.45, 2.75) is 13.5 Å². The fourth-order valence-corrected chi connectivity index (χ4v) is 4.06. The Morgan fingerprint density at radius 1 is 1.32 bits per heavy atom. The Balaban J connectivity index is 1.81. The molecule has 0 aromatic heterocycles. The molecular formula is C17H15BrClNOS. The summed E-state index contributed by atoms with van der Waals surface area (Å²) in [5.74, 6) is 1.72. The third kappa shape index (κ3) is 3.50. The fourth-order valence-electron chi connectivity index (χ4n) is 2.25. The summed E-state index contributed by atoms with van der Waals surface area (Å²) in [6.07, 6.45) is 0. The zero-order chi connectivity index (χ0) is 15.5. The van der Waals surface area contributed by atoms with Gasteiger partial charge in [-0.15, -0.1) is 11.8 Å². The van der Waals surface area contributed by atoms with E-state index >= 15 is 0 Å². The van der Waals surface area contributed by atoms with Crippen LogP contribution in [0.5, 0.6) is 5.75 Å². The quantitative estimate of drug-likeness (QED) is 0.682. The van der Waals surface area contributed by atoms with Crippen molar-refractivity contribution in [3.63, 3.8) is 0 Å². The highest BCUT2D eigenvalue weighted by molar-refractivity contribution is 9.10. The van der Waals surface area contributed by atoms with Gasteiger partial charge in [-0.05, 0) is 46.1 Å². The van der Waals surface area contributed by atoms with Crippen LogP contribution >= 0.6 is 39.3 Å². The van der Waals surface area contributed by atoms with Crippen LogP contribution in [-0.2, 0) is 6.61 Å². The van der Waals surface area contributed by atoms with Crippen molar-refractivity contribution >= 4 is 44.3 Å². The van der Waals surface area contributed by atoms with Crippen LogP contribution in [0.4, 0.5) is 0 Å². The van der Waals surface area contributed by atoms with E-state index in [2.05, 4.69) is 40.0 Å². The number of ether oxygens (including phenoxy) is 1. The summed E-state index contributed by atoms with van der Waals surface area (Å²) in [7, 11) is 0. The Labute approximate surface area is 148 Å². The summed E-state index contributed by atoms with van der Waals surface area (Å²) >= 11 is 11.7. The molecule has 22 heavy (non-hydrogen) atoms. The van der Waals surface area contributed by atoms with Crippen molar-refractivity contribution in [3.8, 4) is 5.75 Å². The monoisotopic (exact) mass is 395 g/mol. The molecule has 0 spiro atoms. The van der Waals surface area contributed by atoms with Crippen LogP contribution in [0, 0.1) is 6.92 Å². The van der Waals surface area contributed by atoms with Gasteiger partial charge in [-0.1, -0.05) is 35.9 Å². The lowest BCUT2D eigenvalue weighted by Crippen LogP contribution is -2.00. The van der Waals surface area contributed by atoms with E-state index in [-0.39, 0.29) is 0 Å². The first-order chi connectivity index (χ1) is 10.6. The second kappa shape index (κ2) is 7.07. The second-order valence-corrected chi connectivity index (χ2v) is 7.36. The molecule has 1 aliphatic rings. The van der Waals surface area contributed by atoms with Gasteiger partial charge < -0.3 is 4.74 Å². The molecule has 0 saturated heterocycles. The average molecular weight is 397 g/mol. The SMILES string of the molecule is Cc1ccccc1COc1c(Cl)cc(C2=NCCS2)cc1Br. The van der Waals surface area contributed by atoms with Gasteiger partial charge in [-0.3, -0.25) is 4.99 Å². The molecule has 3 rings (SSSR count). The zero-order valence-electron chi connectivity index (χ0n) is 12.1. The molecule has 1 heterocycles. The van der Waals surface area contributed by atoms with Gasteiger partial charge >= 0.3 is 0 Å². The molecule has 0 N–H and O–H groups in total. The summed E-state index contributed by atoms with van der Waals surface area (Å²) in [6.45, 7) is 3.45. The highest BCUT2D eigenvalue weighted by atomic mass is 79.9. The summed E-state index contributed by atoms with van der Waals surface area (Å²) in [6, 6.07) is 12.1. The van der Waals surface area contributed by atoms with Gasteiger partial charge in [0.15, 0.2) is 5.75 Å². The van der Waals surface area contributed by atoms with Gasteiger partial charge in [-0.25, -0.2) is 0 Å². The number of hydrogen-bond acceptors (Lipinski definition) is 3. The van der Waals surface area contributed by atoms with Crippen LogP contribution in [0.2, 0.25) is 5.02 Å². The third-order valence-corrected chi connectivity index (χ3v) is 5.36. The van der Waals surface area contributed by atoms with Gasteiger partial charge in [0, 0.05) is 17.9 Å². The van der Waals surface area contributed by atoms with E-state index in [1.54, 1.807) is 11.8 Å². The predicted octanol–water partition coefficient (Wildman–Crippen LogP) is 5.48. The Bertz CT molecular complexity index is 709. The number of hydrogen-bond donors (Lipinski definition) is 0. The standard InChI is InChI=1S/C17H15BrClNOS/c1-11-4-2-3-5-12(11)10-21-16-14(18)8-13(9-15(16)19)17-20-6-7-22-17/h2-5,8-9H,6-7,10H2,1H3. The normalized spacial score (nSPS) is 14.0. The lowest BCUT2D eigenvalue weighted by molar-refractivity contribution is 0.303. The van der Waals surface area contributed by atoms with Crippen LogP contribution in [0.3, 0.4) is 0 Å². The Hall–Kier alpha value is -0.970. The maximum Gasteiger partial charge on any atom is 0.152 e. The molecule has 0 amide bonds. The highest BCUT2D eigenvalue weighted by Crippen LogP contribution is 2.36. The van der Waals surface area contributed by atoms with Crippen LogP contribution in [-0.4, -0.2) is 17.3 Å². The van der Waals surface area contributed by atoms with Crippen molar-refractivity contribution in [3.05, 3.63) is 62.6 Å². The zero-order valence-corrected chi connectivity index (χ0v) is 15.3. The number of benzene rings is 2. The minimum absolute atomic E-state index is 0.500. The summed E-state index contributed by atoms with van der Waals surface area (Å²) in [5.41, 5.74) is 3.41. The van der Waals surface area contributed by atoms with Crippen LogP contribution in [0.15, 0.2) is 45.9 Å². The Morgan fingerprint density at radius 3 is 2.82 bits per heavy atom. The number of thioether (sulfide) groups is 1. The molecule has 0 aliphatic carbocycles.